The molecule has 0 aromatic heterocycles. The molecule has 8 nitrogen and oxygen atoms in total. The molecule has 8 heteroatoms. The largest absolute Gasteiger partial charge is 0.370 e. The van der Waals surface area contributed by atoms with Crippen molar-refractivity contribution in [3.8, 4) is 0 Å². The van der Waals surface area contributed by atoms with Crippen molar-refractivity contribution >= 4 is 0 Å². The number of ether oxygens (including phenoxy) is 4. The topological polar surface area (TPSA) is 106 Å². The maximum absolute atomic E-state index is 10.7. The van der Waals surface area contributed by atoms with E-state index in [0.29, 0.717) is 0 Å². The first-order chi connectivity index (χ1) is 9.56. The minimum absolute atomic E-state index is 0.0517. The monoisotopic (exact) mass is 301 g/mol. The number of hydrogen-bond acceptors (Lipinski definition) is 6. The first-order valence-electron chi connectivity index (χ1n) is 6.97. The zero-order chi connectivity index (χ0) is 15.9. The molecule has 2 aliphatic heterocycles. The van der Waals surface area contributed by atoms with Crippen molar-refractivity contribution in [1.82, 2.24) is 0 Å². The number of nitrogens with zero attached hydrogens (tertiary/aromatic N) is 3. The fourth-order valence-corrected chi connectivity index (χ4v) is 2.50. The Morgan fingerprint density at radius 1 is 1.29 bits per heavy atom. The second-order valence-corrected chi connectivity index (χ2v) is 6.84. The molecule has 21 heavy (non-hydrogen) atoms. The SMILES string of the molecule is CC(C)(C)OCC1(O)OC(CN=[N+]=[N-])[C@H]2OC(C)(C)O[C@H]21. The summed E-state index contributed by atoms with van der Waals surface area (Å²) in [5.41, 5.74) is 8.03. The highest BCUT2D eigenvalue weighted by molar-refractivity contribution is 5.02. The third kappa shape index (κ3) is 3.66. The summed E-state index contributed by atoms with van der Waals surface area (Å²) in [5, 5.41) is 14.2. The van der Waals surface area contributed by atoms with E-state index >= 15 is 0 Å². The van der Waals surface area contributed by atoms with Crippen LogP contribution in [-0.2, 0) is 18.9 Å². The van der Waals surface area contributed by atoms with Crippen molar-refractivity contribution in [2.75, 3.05) is 13.2 Å². The Hall–Kier alpha value is -0.890. The van der Waals surface area contributed by atoms with Crippen LogP contribution in [0.25, 0.3) is 10.4 Å². The highest BCUT2D eigenvalue weighted by Gasteiger charge is 2.62. The summed E-state index contributed by atoms with van der Waals surface area (Å²) in [6.45, 7) is 9.20. The normalized spacial score (nSPS) is 38.1. The summed E-state index contributed by atoms with van der Waals surface area (Å²) in [5.74, 6) is -2.45. The molecule has 1 N–H and O–H groups in total. The molecule has 2 unspecified atom stereocenters. The molecule has 0 bridgehead atoms. The van der Waals surface area contributed by atoms with Crippen LogP contribution >= 0.6 is 0 Å². The molecule has 0 aromatic rings. The van der Waals surface area contributed by atoms with Crippen molar-refractivity contribution in [2.24, 2.45) is 5.11 Å². The molecule has 0 aromatic carbocycles. The van der Waals surface area contributed by atoms with Gasteiger partial charge in [0.25, 0.3) is 0 Å². The van der Waals surface area contributed by atoms with Crippen LogP contribution in [0, 0.1) is 0 Å². The zero-order valence-electron chi connectivity index (χ0n) is 13.1. The number of azide groups is 1. The van der Waals surface area contributed by atoms with Crippen molar-refractivity contribution in [3.63, 3.8) is 0 Å². The molecule has 2 aliphatic rings. The van der Waals surface area contributed by atoms with Gasteiger partial charge in [0, 0.05) is 4.91 Å². The lowest BCUT2D eigenvalue weighted by atomic mass is 10.1. The smallest absolute Gasteiger partial charge is 0.219 e. The predicted molar refractivity (Wildman–Crippen MR) is 73.4 cm³/mol. The highest BCUT2D eigenvalue weighted by atomic mass is 16.8. The molecule has 0 amide bonds. The van der Waals surface area contributed by atoms with Crippen LogP contribution in [0.3, 0.4) is 0 Å². The molecule has 0 saturated carbocycles. The quantitative estimate of drug-likeness (QED) is 0.483. The van der Waals surface area contributed by atoms with Gasteiger partial charge in [-0.2, -0.15) is 0 Å². The molecular weight excluding hydrogens is 278 g/mol. The van der Waals surface area contributed by atoms with Crippen LogP contribution < -0.4 is 0 Å². The fourth-order valence-electron chi connectivity index (χ4n) is 2.50. The molecule has 2 saturated heterocycles. The summed E-state index contributed by atoms with van der Waals surface area (Å²) in [6, 6.07) is 0. The number of aliphatic hydroxyl groups is 1. The minimum Gasteiger partial charge on any atom is -0.370 e. The maximum Gasteiger partial charge on any atom is 0.219 e. The van der Waals surface area contributed by atoms with Gasteiger partial charge in [0.1, 0.15) is 18.8 Å². The number of fused-ring (bicyclic) bond motifs is 1. The first kappa shape index (κ1) is 16.5. The van der Waals surface area contributed by atoms with Crippen LogP contribution in [0.5, 0.6) is 0 Å². The van der Waals surface area contributed by atoms with Crippen LogP contribution in [0.4, 0.5) is 0 Å². The van der Waals surface area contributed by atoms with Gasteiger partial charge in [0.05, 0.1) is 18.2 Å². The average molecular weight is 301 g/mol. The first-order valence-corrected chi connectivity index (χ1v) is 6.97. The summed E-state index contributed by atoms with van der Waals surface area (Å²) < 4.78 is 22.8. The molecule has 0 radical (unpaired) electrons. The molecule has 2 fully saturated rings. The van der Waals surface area contributed by atoms with Crippen molar-refractivity contribution in [3.05, 3.63) is 10.4 Å². The Labute approximate surface area is 123 Å². The third-order valence-electron chi connectivity index (χ3n) is 3.33. The molecule has 2 rings (SSSR count). The molecule has 0 aliphatic carbocycles. The Balaban J connectivity index is 2.16. The number of rotatable bonds is 4. The Bertz CT molecular complexity index is 444. The van der Waals surface area contributed by atoms with Crippen LogP contribution in [0.15, 0.2) is 5.11 Å². The maximum atomic E-state index is 10.7. The second-order valence-electron chi connectivity index (χ2n) is 6.84. The average Bonchev–Trinajstić information content (AvgIpc) is 2.78. The van der Waals surface area contributed by atoms with E-state index in [9.17, 15) is 5.11 Å². The third-order valence-corrected chi connectivity index (χ3v) is 3.33. The molecule has 120 valence electrons. The van der Waals surface area contributed by atoms with E-state index in [2.05, 4.69) is 10.0 Å². The summed E-state index contributed by atoms with van der Waals surface area (Å²) >= 11 is 0. The summed E-state index contributed by atoms with van der Waals surface area (Å²) in [4.78, 5) is 2.72. The zero-order valence-corrected chi connectivity index (χ0v) is 13.1. The lowest BCUT2D eigenvalue weighted by Crippen LogP contribution is -2.48. The standard InChI is InChI=1S/C13H23N3O5/c1-11(2,3)18-7-13(17)10-9(20-12(4,5)21-10)8(19-13)6-15-16-14/h8-10,17H,6-7H2,1-5H3/t8?,9-,10-,13?/m1/s1. The van der Waals surface area contributed by atoms with Gasteiger partial charge < -0.3 is 24.1 Å². The van der Waals surface area contributed by atoms with E-state index in [1.54, 1.807) is 13.8 Å². The van der Waals surface area contributed by atoms with E-state index in [1.807, 2.05) is 20.8 Å². The highest BCUT2D eigenvalue weighted by Crippen LogP contribution is 2.43. The minimum atomic E-state index is -1.62. The van der Waals surface area contributed by atoms with Gasteiger partial charge in [-0.05, 0) is 40.1 Å². The lowest BCUT2D eigenvalue weighted by molar-refractivity contribution is -0.294. The number of hydrogen-bond donors (Lipinski definition) is 1. The van der Waals surface area contributed by atoms with Crippen LogP contribution in [0.2, 0.25) is 0 Å². The summed E-state index contributed by atoms with van der Waals surface area (Å²) in [6.07, 6.45) is -1.76. The van der Waals surface area contributed by atoms with Crippen molar-refractivity contribution < 1.29 is 24.1 Å². The van der Waals surface area contributed by atoms with Crippen molar-refractivity contribution in [1.29, 1.82) is 0 Å². The predicted octanol–water partition coefficient (Wildman–Crippen LogP) is 1.72. The van der Waals surface area contributed by atoms with E-state index in [-0.39, 0.29) is 13.2 Å². The van der Waals surface area contributed by atoms with Crippen LogP contribution in [-0.4, -0.2) is 53.7 Å². The lowest BCUT2D eigenvalue weighted by Gasteiger charge is -2.32. The van der Waals surface area contributed by atoms with Crippen molar-refractivity contribution in [2.45, 2.75) is 70.1 Å². The summed E-state index contributed by atoms with van der Waals surface area (Å²) in [7, 11) is 0. The van der Waals surface area contributed by atoms with E-state index < -0.39 is 35.5 Å². The molecule has 0 spiro atoms. The molecular formula is C13H23N3O5. The Morgan fingerprint density at radius 3 is 2.52 bits per heavy atom. The van der Waals surface area contributed by atoms with E-state index in [4.69, 9.17) is 24.5 Å². The van der Waals surface area contributed by atoms with E-state index in [1.165, 1.54) is 0 Å². The van der Waals surface area contributed by atoms with E-state index in [0.717, 1.165) is 0 Å². The van der Waals surface area contributed by atoms with Gasteiger partial charge in [-0.25, -0.2) is 0 Å². The van der Waals surface area contributed by atoms with Crippen LogP contribution in [0.1, 0.15) is 34.6 Å². The van der Waals surface area contributed by atoms with Gasteiger partial charge in [-0.15, -0.1) is 0 Å². The Morgan fingerprint density at radius 2 is 1.95 bits per heavy atom. The van der Waals surface area contributed by atoms with Gasteiger partial charge in [0.2, 0.25) is 5.79 Å². The molecule has 4 atom stereocenters. The second kappa shape index (κ2) is 5.39. The van der Waals surface area contributed by atoms with Gasteiger partial charge in [-0.1, -0.05) is 5.11 Å². The van der Waals surface area contributed by atoms with Gasteiger partial charge in [0.15, 0.2) is 5.79 Å². The Kier molecular flexibility index (Phi) is 4.23. The fraction of sp³-hybridized carbons (Fsp3) is 1.00. The molecule has 2 heterocycles. The van der Waals surface area contributed by atoms with Gasteiger partial charge >= 0.3 is 0 Å². The van der Waals surface area contributed by atoms with Gasteiger partial charge in [-0.3, -0.25) is 0 Å².